The predicted octanol–water partition coefficient (Wildman–Crippen LogP) is 4.88. The molecule has 1 aromatic carbocycles. The Kier molecular flexibility index (Phi) is 6.10. The zero-order valence-corrected chi connectivity index (χ0v) is 21.8. The molecule has 190 valence electrons. The molecule has 0 radical (unpaired) electrons. The minimum atomic E-state index is -0.352. The number of hydrogen-bond acceptors (Lipinski definition) is 5. The lowest BCUT2D eigenvalue weighted by molar-refractivity contribution is 0.0941. The fraction of sp³-hybridized carbons (Fsp3) is 0.129. The SMILES string of the molecule is Cc1nn2ccccc2c1C(=O)N[C@@H](C)c1cc2nccc(C#Cc3cnn(C)c3)c2nc1-c1ccccc1. The lowest BCUT2D eigenvalue weighted by Gasteiger charge is -2.19. The van der Waals surface area contributed by atoms with Crippen molar-refractivity contribution in [3.63, 3.8) is 0 Å². The van der Waals surface area contributed by atoms with Gasteiger partial charge in [0.25, 0.3) is 5.91 Å². The predicted molar refractivity (Wildman–Crippen MR) is 150 cm³/mol. The van der Waals surface area contributed by atoms with E-state index in [2.05, 4.69) is 32.3 Å². The van der Waals surface area contributed by atoms with E-state index in [-0.39, 0.29) is 11.9 Å². The van der Waals surface area contributed by atoms with E-state index in [1.54, 1.807) is 21.6 Å². The first-order chi connectivity index (χ1) is 19.0. The molecule has 0 aliphatic heterocycles. The maximum Gasteiger partial charge on any atom is 0.255 e. The molecule has 0 unspecified atom stereocenters. The summed E-state index contributed by atoms with van der Waals surface area (Å²) in [6.45, 7) is 3.80. The summed E-state index contributed by atoms with van der Waals surface area (Å²) in [5.74, 6) is 6.21. The number of fused-ring (bicyclic) bond motifs is 2. The number of benzene rings is 1. The van der Waals surface area contributed by atoms with Crippen molar-refractivity contribution in [3.8, 4) is 23.1 Å². The van der Waals surface area contributed by atoms with Crippen molar-refractivity contribution < 1.29 is 4.79 Å². The fourth-order valence-corrected chi connectivity index (χ4v) is 4.71. The molecule has 0 saturated heterocycles. The van der Waals surface area contributed by atoms with Crippen LogP contribution in [-0.4, -0.2) is 35.3 Å². The topological polar surface area (TPSA) is 90.0 Å². The third-order valence-electron chi connectivity index (χ3n) is 6.59. The molecule has 0 aliphatic rings. The van der Waals surface area contributed by atoms with Gasteiger partial charge >= 0.3 is 0 Å². The van der Waals surface area contributed by atoms with E-state index in [0.717, 1.165) is 33.5 Å². The van der Waals surface area contributed by atoms with Gasteiger partial charge in [0, 0.05) is 36.8 Å². The third kappa shape index (κ3) is 4.62. The molecule has 1 atom stereocenters. The first-order valence-electron chi connectivity index (χ1n) is 12.6. The van der Waals surface area contributed by atoms with Crippen molar-refractivity contribution in [2.45, 2.75) is 19.9 Å². The molecule has 0 spiro atoms. The number of nitrogens with one attached hydrogen (secondary N) is 1. The number of amides is 1. The number of aromatic nitrogens is 6. The van der Waals surface area contributed by atoms with Crippen LogP contribution in [0, 0.1) is 18.8 Å². The summed E-state index contributed by atoms with van der Waals surface area (Å²) in [6.07, 6.45) is 7.17. The van der Waals surface area contributed by atoms with Gasteiger partial charge in [0.05, 0.1) is 51.4 Å². The highest BCUT2D eigenvalue weighted by molar-refractivity contribution is 6.02. The smallest absolute Gasteiger partial charge is 0.255 e. The number of pyridine rings is 3. The minimum Gasteiger partial charge on any atom is -0.345 e. The Bertz CT molecular complexity index is 1910. The van der Waals surface area contributed by atoms with Crippen LogP contribution in [0.5, 0.6) is 0 Å². The molecule has 0 saturated carbocycles. The van der Waals surface area contributed by atoms with Crippen molar-refractivity contribution >= 4 is 22.5 Å². The van der Waals surface area contributed by atoms with E-state index in [0.29, 0.717) is 22.3 Å². The zero-order valence-electron chi connectivity index (χ0n) is 21.8. The van der Waals surface area contributed by atoms with E-state index >= 15 is 0 Å². The van der Waals surface area contributed by atoms with Crippen LogP contribution in [0.25, 0.3) is 27.8 Å². The van der Waals surface area contributed by atoms with Crippen molar-refractivity contribution in [2.75, 3.05) is 0 Å². The van der Waals surface area contributed by atoms with Crippen molar-refractivity contribution in [3.05, 3.63) is 113 Å². The molecule has 6 rings (SSSR count). The average molecular weight is 512 g/mol. The van der Waals surface area contributed by atoms with Crippen LogP contribution in [0.2, 0.25) is 0 Å². The summed E-state index contributed by atoms with van der Waals surface area (Å²) in [6, 6.07) is 19.1. The molecular weight excluding hydrogens is 486 g/mol. The Morgan fingerprint density at radius 2 is 1.87 bits per heavy atom. The summed E-state index contributed by atoms with van der Waals surface area (Å²) in [4.78, 5) is 23.1. The van der Waals surface area contributed by atoms with Gasteiger partial charge in [0.2, 0.25) is 0 Å². The molecule has 1 N–H and O–H groups in total. The zero-order chi connectivity index (χ0) is 26.9. The number of carbonyl (C=O) groups is 1. The van der Waals surface area contributed by atoms with Crippen LogP contribution in [0.3, 0.4) is 0 Å². The van der Waals surface area contributed by atoms with Gasteiger partial charge in [-0.15, -0.1) is 0 Å². The summed E-state index contributed by atoms with van der Waals surface area (Å²) in [7, 11) is 1.86. The summed E-state index contributed by atoms with van der Waals surface area (Å²) in [5, 5.41) is 11.8. The Morgan fingerprint density at radius 1 is 1.05 bits per heavy atom. The van der Waals surface area contributed by atoms with Gasteiger partial charge < -0.3 is 5.32 Å². The summed E-state index contributed by atoms with van der Waals surface area (Å²) >= 11 is 0. The molecule has 0 bridgehead atoms. The molecule has 5 aromatic heterocycles. The number of rotatable bonds is 4. The number of aryl methyl sites for hydroxylation is 2. The average Bonchev–Trinajstić information content (AvgIpc) is 3.52. The maximum absolute atomic E-state index is 13.5. The first-order valence-corrected chi connectivity index (χ1v) is 12.6. The minimum absolute atomic E-state index is 0.190. The van der Waals surface area contributed by atoms with Crippen molar-refractivity contribution in [1.29, 1.82) is 0 Å². The molecule has 8 nitrogen and oxygen atoms in total. The molecule has 39 heavy (non-hydrogen) atoms. The van der Waals surface area contributed by atoms with Crippen LogP contribution in [0.1, 0.15) is 45.7 Å². The Labute approximate surface area is 225 Å². The second kappa shape index (κ2) is 9.88. The highest BCUT2D eigenvalue weighted by atomic mass is 16.1. The van der Waals surface area contributed by atoms with Gasteiger partial charge in [-0.05, 0) is 38.1 Å². The quantitative estimate of drug-likeness (QED) is 0.341. The first kappa shape index (κ1) is 24.1. The maximum atomic E-state index is 13.5. The summed E-state index contributed by atoms with van der Waals surface area (Å²) in [5.41, 5.74) is 7.56. The van der Waals surface area contributed by atoms with Crippen molar-refractivity contribution in [1.82, 2.24) is 34.7 Å². The van der Waals surface area contributed by atoms with Gasteiger partial charge in [-0.25, -0.2) is 9.50 Å². The second-order valence-corrected chi connectivity index (χ2v) is 9.36. The van der Waals surface area contributed by atoms with Crippen molar-refractivity contribution in [2.24, 2.45) is 7.05 Å². The van der Waals surface area contributed by atoms with E-state index in [4.69, 9.17) is 4.98 Å². The molecular formula is C31H25N7O. The van der Waals surface area contributed by atoms with E-state index < -0.39 is 0 Å². The Balaban J connectivity index is 1.43. The van der Waals surface area contributed by atoms with Crippen LogP contribution >= 0.6 is 0 Å². The van der Waals surface area contributed by atoms with Crippen LogP contribution in [-0.2, 0) is 7.05 Å². The lowest BCUT2D eigenvalue weighted by atomic mass is 9.98. The van der Waals surface area contributed by atoms with Crippen LogP contribution in [0.4, 0.5) is 0 Å². The van der Waals surface area contributed by atoms with E-state index in [9.17, 15) is 4.79 Å². The normalized spacial score (nSPS) is 11.8. The van der Waals surface area contributed by atoms with Gasteiger partial charge in [-0.1, -0.05) is 48.2 Å². The second-order valence-electron chi connectivity index (χ2n) is 9.36. The third-order valence-corrected chi connectivity index (χ3v) is 6.59. The largest absolute Gasteiger partial charge is 0.345 e. The van der Waals surface area contributed by atoms with E-state index in [1.807, 2.05) is 94.0 Å². The fourth-order valence-electron chi connectivity index (χ4n) is 4.71. The molecule has 6 aromatic rings. The van der Waals surface area contributed by atoms with Gasteiger partial charge in [-0.2, -0.15) is 10.2 Å². The number of carbonyl (C=O) groups excluding carboxylic acids is 1. The number of hydrogen-bond donors (Lipinski definition) is 1. The lowest BCUT2D eigenvalue weighted by Crippen LogP contribution is -2.27. The Hall–Kier alpha value is -5.29. The molecule has 5 heterocycles. The van der Waals surface area contributed by atoms with Crippen LogP contribution in [0.15, 0.2) is 85.5 Å². The standard InChI is InChI=1S/C31H25N7O/c1-20(34-31(39)28-21(2)36-38-16-8-7-11-27(28)38)25-17-26-30(35-29(25)23-9-5-4-6-10-23)24(14-15-32-26)13-12-22-18-33-37(3)19-22/h4-11,14-20H,1-3H3,(H,34,39)/t20-/m0/s1. The van der Waals surface area contributed by atoms with Crippen LogP contribution < -0.4 is 5.32 Å². The van der Waals surface area contributed by atoms with Gasteiger partial charge in [0.15, 0.2) is 0 Å². The highest BCUT2D eigenvalue weighted by Crippen LogP contribution is 2.31. The molecule has 0 fully saturated rings. The molecule has 8 heteroatoms. The van der Waals surface area contributed by atoms with Gasteiger partial charge in [0.1, 0.15) is 5.52 Å². The van der Waals surface area contributed by atoms with E-state index in [1.165, 1.54) is 0 Å². The van der Waals surface area contributed by atoms with Gasteiger partial charge in [-0.3, -0.25) is 14.5 Å². The highest BCUT2D eigenvalue weighted by Gasteiger charge is 2.22. The molecule has 0 aliphatic carbocycles. The number of nitrogens with zero attached hydrogens (tertiary/aromatic N) is 6. The summed E-state index contributed by atoms with van der Waals surface area (Å²) < 4.78 is 3.44. The monoisotopic (exact) mass is 511 g/mol. The molecule has 1 amide bonds. The Morgan fingerprint density at radius 3 is 2.67 bits per heavy atom.